The van der Waals surface area contributed by atoms with E-state index in [2.05, 4.69) is 9.97 Å². The van der Waals surface area contributed by atoms with Gasteiger partial charge in [0.05, 0.1) is 30.3 Å². The van der Waals surface area contributed by atoms with Crippen LogP contribution in [0.5, 0.6) is 17.5 Å². The van der Waals surface area contributed by atoms with Crippen molar-refractivity contribution in [2.24, 2.45) is 5.14 Å². The Hall–Kier alpha value is -3.14. The van der Waals surface area contributed by atoms with Gasteiger partial charge in [-0.2, -0.15) is 15.2 Å². The third-order valence-corrected chi connectivity index (χ3v) is 5.27. The molecule has 2 aromatic heterocycles. The van der Waals surface area contributed by atoms with E-state index < -0.39 is 16.7 Å². The molecule has 30 heavy (non-hydrogen) atoms. The van der Waals surface area contributed by atoms with Gasteiger partial charge in [0.1, 0.15) is 24.2 Å². The number of nitrogens with two attached hydrogens (primary N) is 1. The highest BCUT2D eigenvalue weighted by atomic mass is 35.5. The number of hydrogen-bond donors (Lipinski definition) is 1. The molecule has 2 N–H and O–H groups in total. The number of primary sulfonamides is 1. The molecule has 0 saturated heterocycles. The van der Waals surface area contributed by atoms with Gasteiger partial charge in [-0.15, -0.1) is 0 Å². The average molecular weight is 456 g/mol. The fourth-order valence-corrected chi connectivity index (χ4v) is 3.72. The summed E-state index contributed by atoms with van der Waals surface area (Å²) in [5, 5.41) is 15.1. The number of alkyl halides is 1. The molecule has 13 heteroatoms. The van der Waals surface area contributed by atoms with Crippen LogP contribution in [-0.2, 0) is 10.0 Å². The highest BCUT2D eigenvalue weighted by molar-refractivity contribution is 7.89. The van der Waals surface area contributed by atoms with Crippen LogP contribution in [0, 0.1) is 11.3 Å². The topological polar surface area (TPSA) is 142 Å². The van der Waals surface area contributed by atoms with Crippen LogP contribution in [0.25, 0.3) is 16.9 Å². The molecule has 158 valence electrons. The van der Waals surface area contributed by atoms with E-state index in [1.807, 2.05) is 6.07 Å². The minimum atomic E-state index is -4.16. The van der Waals surface area contributed by atoms with Crippen molar-refractivity contribution >= 4 is 32.5 Å². The van der Waals surface area contributed by atoms with E-state index >= 15 is 0 Å². The second kappa shape index (κ2) is 8.31. The Balaban J connectivity index is 2.40. The molecule has 2 heterocycles. The number of benzene rings is 1. The first-order chi connectivity index (χ1) is 14.3. The summed E-state index contributed by atoms with van der Waals surface area (Å²) in [5.74, 6) is -0.340. The molecule has 0 radical (unpaired) electrons. The van der Waals surface area contributed by atoms with Gasteiger partial charge in [-0.25, -0.2) is 17.9 Å². The highest BCUT2D eigenvalue weighted by Gasteiger charge is 2.25. The van der Waals surface area contributed by atoms with Crippen molar-refractivity contribution in [3.63, 3.8) is 0 Å². The Kier molecular flexibility index (Phi) is 5.97. The van der Waals surface area contributed by atoms with Crippen molar-refractivity contribution in [2.45, 2.75) is 4.90 Å². The van der Waals surface area contributed by atoms with Gasteiger partial charge >= 0.3 is 0 Å². The van der Waals surface area contributed by atoms with Crippen molar-refractivity contribution in [1.82, 2.24) is 14.5 Å². The van der Waals surface area contributed by atoms with Gasteiger partial charge in [0.2, 0.25) is 21.7 Å². The first-order valence-electron chi connectivity index (χ1n) is 8.22. The zero-order valence-corrected chi connectivity index (χ0v) is 17.3. The minimum Gasteiger partial charge on any atom is -0.481 e. The van der Waals surface area contributed by atoms with Gasteiger partial charge in [-0.3, -0.25) is 4.57 Å². The number of methoxy groups -OCH3 is 2. The summed E-state index contributed by atoms with van der Waals surface area (Å²) in [5.41, 5.74) is 0.110. The van der Waals surface area contributed by atoms with E-state index in [-0.39, 0.29) is 56.4 Å². The number of nitrogens with zero attached hydrogens (tertiary/aromatic N) is 4. The lowest BCUT2D eigenvalue weighted by molar-refractivity contribution is 0.240. The molecule has 3 aromatic rings. The number of hydrogen-bond acceptors (Lipinski definition) is 8. The first-order valence-corrected chi connectivity index (χ1v) is 10.1. The van der Waals surface area contributed by atoms with Crippen LogP contribution in [0.15, 0.2) is 23.2 Å². The van der Waals surface area contributed by atoms with Crippen LogP contribution in [0.3, 0.4) is 0 Å². The Morgan fingerprint density at radius 2 is 1.90 bits per heavy atom. The Bertz CT molecular complexity index is 1250. The molecule has 10 nitrogen and oxygen atoms in total. The van der Waals surface area contributed by atoms with Gasteiger partial charge < -0.3 is 14.2 Å². The summed E-state index contributed by atoms with van der Waals surface area (Å²) in [7, 11) is -1.56. The summed E-state index contributed by atoms with van der Waals surface area (Å²) in [4.78, 5) is 8.12. The number of sulfonamides is 1. The fourth-order valence-electron chi connectivity index (χ4n) is 2.81. The molecular weight excluding hydrogens is 441 g/mol. The maximum absolute atomic E-state index is 12.5. The number of fused-ring (bicyclic) bond motifs is 1. The summed E-state index contributed by atoms with van der Waals surface area (Å²) in [6.07, 6.45) is 1.16. The summed E-state index contributed by atoms with van der Waals surface area (Å²) in [6, 6.07) is 4.74. The zero-order chi connectivity index (χ0) is 22.1. The van der Waals surface area contributed by atoms with Gasteiger partial charge in [-0.1, -0.05) is 11.6 Å². The Morgan fingerprint density at radius 1 is 1.27 bits per heavy atom. The van der Waals surface area contributed by atoms with E-state index in [9.17, 15) is 18.1 Å². The van der Waals surface area contributed by atoms with Crippen LogP contribution < -0.4 is 19.3 Å². The highest BCUT2D eigenvalue weighted by Crippen LogP contribution is 2.37. The maximum Gasteiger partial charge on any atom is 0.265 e. The molecule has 0 aliphatic carbocycles. The monoisotopic (exact) mass is 455 g/mol. The van der Waals surface area contributed by atoms with Crippen molar-refractivity contribution in [3.8, 4) is 29.5 Å². The second-order valence-corrected chi connectivity index (χ2v) is 7.68. The molecule has 3 rings (SSSR count). The van der Waals surface area contributed by atoms with E-state index in [0.29, 0.717) is 0 Å². The van der Waals surface area contributed by atoms with E-state index in [1.165, 1.54) is 30.9 Å². The lowest BCUT2D eigenvalue weighted by Gasteiger charge is -2.14. The largest absolute Gasteiger partial charge is 0.481 e. The molecular formula is C17H15ClFN5O5S. The van der Waals surface area contributed by atoms with Crippen molar-refractivity contribution in [2.75, 3.05) is 27.5 Å². The van der Waals surface area contributed by atoms with Gasteiger partial charge in [0.25, 0.3) is 11.8 Å². The molecule has 0 aliphatic rings. The zero-order valence-electron chi connectivity index (χ0n) is 15.7. The van der Waals surface area contributed by atoms with Crippen LogP contribution in [0.1, 0.15) is 5.56 Å². The lowest BCUT2D eigenvalue weighted by Crippen LogP contribution is -2.12. The van der Waals surface area contributed by atoms with Crippen LogP contribution in [0.4, 0.5) is 4.39 Å². The molecule has 0 saturated carbocycles. The van der Waals surface area contributed by atoms with Gasteiger partial charge in [0.15, 0.2) is 0 Å². The number of aromatic nitrogens is 3. The number of halogens is 2. The first kappa shape index (κ1) is 21.6. The van der Waals surface area contributed by atoms with E-state index in [1.54, 1.807) is 0 Å². The quantitative estimate of drug-likeness (QED) is 0.569. The molecule has 1 aromatic carbocycles. The summed E-state index contributed by atoms with van der Waals surface area (Å²) >= 11 is 6.12. The SMILES string of the molecule is COc1nc(-n2cc(S(N)(=O)=O)c3ccc(Cl)c(C#N)c32)nc(OC)c1OCCF. The van der Waals surface area contributed by atoms with Crippen LogP contribution >= 0.6 is 11.6 Å². The van der Waals surface area contributed by atoms with Crippen molar-refractivity contribution in [3.05, 3.63) is 28.9 Å². The van der Waals surface area contributed by atoms with Crippen molar-refractivity contribution in [1.29, 1.82) is 5.26 Å². The summed E-state index contributed by atoms with van der Waals surface area (Å²) in [6.45, 7) is -1.05. The van der Waals surface area contributed by atoms with Crippen LogP contribution in [0.2, 0.25) is 5.02 Å². The van der Waals surface area contributed by atoms with E-state index in [0.717, 1.165) is 6.20 Å². The molecule has 0 atom stereocenters. The van der Waals surface area contributed by atoms with Crippen molar-refractivity contribution < 1.29 is 27.0 Å². The predicted octanol–water partition coefficient (Wildman–Crippen LogP) is 1.96. The lowest BCUT2D eigenvalue weighted by atomic mass is 10.1. The Morgan fingerprint density at radius 3 is 2.40 bits per heavy atom. The average Bonchev–Trinajstić information content (AvgIpc) is 3.11. The second-order valence-electron chi connectivity index (χ2n) is 5.75. The predicted molar refractivity (Wildman–Crippen MR) is 105 cm³/mol. The molecule has 0 amide bonds. The molecule has 0 bridgehead atoms. The van der Waals surface area contributed by atoms with E-state index in [4.69, 9.17) is 31.0 Å². The summed E-state index contributed by atoms with van der Waals surface area (Å²) < 4.78 is 53.6. The Labute approximate surface area is 175 Å². The molecule has 0 fully saturated rings. The third kappa shape index (κ3) is 3.70. The van der Waals surface area contributed by atoms with Crippen LogP contribution in [-0.4, -0.2) is 50.5 Å². The van der Waals surface area contributed by atoms with Gasteiger partial charge in [-0.05, 0) is 12.1 Å². The fraction of sp³-hybridized carbons (Fsp3) is 0.235. The third-order valence-electron chi connectivity index (χ3n) is 4.02. The number of nitriles is 1. The molecule has 0 unspecified atom stereocenters. The molecule has 0 aliphatic heterocycles. The van der Waals surface area contributed by atoms with Gasteiger partial charge in [0, 0.05) is 11.6 Å². The minimum absolute atomic E-state index is 0.0108. The smallest absolute Gasteiger partial charge is 0.265 e. The molecule has 0 spiro atoms. The standard InChI is InChI=1S/C17H15ClFN5O5S/c1-27-15-14(29-6-5-19)16(28-2)23-17(22-15)24-8-12(30(21,25)26)9-3-4-11(18)10(7-20)13(9)24/h3-4,8H,5-6H2,1-2H3,(H2,21,25,26). The maximum atomic E-state index is 12.5. The normalized spacial score (nSPS) is 11.3. The number of ether oxygens (including phenoxy) is 3. The number of rotatable bonds is 7.